The molecule has 0 spiro atoms. The van der Waals surface area contributed by atoms with Gasteiger partial charge in [0.15, 0.2) is 0 Å². The van der Waals surface area contributed by atoms with Crippen LogP contribution in [0.15, 0.2) is 24.3 Å². The number of aryl methyl sites for hydroxylation is 1. The van der Waals surface area contributed by atoms with Crippen molar-refractivity contribution in [3.63, 3.8) is 0 Å². The molecule has 0 atom stereocenters. The minimum Gasteiger partial charge on any atom is -0.389 e. The third kappa shape index (κ3) is 2.42. The number of nitrogens with two attached hydrogens (primary N) is 1. The highest BCUT2D eigenvalue weighted by atomic mass is 32.1. The maximum atomic E-state index is 5.99. The SMILES string of the molecule is CCc1nc(-c2ccc(N(C)C)cc2)c(N)s1. The molecule has 1 aromatic heterocycles. The minimum atomic E-state index is 0.805. The van der Waals surface area contributed by atoms with Crippen LogP contribution in [0.4, 0.5) is 10.7 Å². The number of anilines is 2. The van der Waals surface area contributed by atoms with E-state index in [1.165, 1.54) is 5.69 Å². The van der Waals surface area contributed by atoms with Gasteiger partial charge in [-0.05, 0) is 18.6 Å². The van der Waals surface area contributed by atoms with E-state index in [0.717, 1.165) is 27.7 Å². The zero-order valence-corrected chi connectivity index (χ0v) is 11.2. The largest absolute Gasteiger partial charge is 0.389 e. The number of nitrogen functional groups attached to an aromatic ring is 1. The summed E-state index contributed by atoms with van der Waals surface area (Å²) in [4.78, 5) is 6.63. The average molecular weight is 247 g/mol. The lowest BCUT2D eigenvalue weighted by Crippen LogP contribution is -2.07. The van der Waals surface area contributed by atoms with Crippen LogP contribution in [0.25, 0.3) is 11.3 Å². The van der Waals surface area contributed by atoms with Crippen LogP contribution in [0.3, 0.4) is 0 Å². The van der Waals surface area contributed by atoms with Crippen molar-refractivity contribution in [2.75, 3.05) is 24.7 Å². The van der Waals surface area contributed by atoms with Gasteiger partial charge < -0.3 is 10.6 Å². The summed E-state index contributed by atoms with van der Waals surface area (Å²) < 4.78 is 0. The molecular formula is C13H17N3S. The number of benzene rings is 1. The van der Waals surface area contributed by atoms with Gasteiger partial charge in [-0.15, -0.1) is 11.3 Å². The van der Waals surface area contributed by atoms with Gasteiger partial charge in [0.1, 0.15) is 10.7 Å². The van der Waals surface area contributed by atoms with Gasteiger partial charge in [0.05, 0.1) is 5.01 Å². The lowest BCUT2D eigenvalue weighted by Gasteiger charge is -2.12. The molecule has 2 rings (SSSR count). The normalized spacial score (nSPS) is 10.5. The maximum absolute atomic E-state index is 5.99. The molecule has 1 heterocycles. The Bertz CT molecular complexity index is 500. The molecule has 0 bridgehead atoms. The monoisotopic (exact) mass is 247 g/mol. The molecule has 4 heteroatoms. The third-order valence-corrected chi connectivity index (χ3v) is 3.69. The molecule has 0 saturated carbocycles. The van der Waals surface area contributed by atoms with Crippen molar-refractivity contribution in [3.8, 4) is 11.3 Å². The van der Waals surface area contributed by atoms with Gasteiger partial charge in [0.25, 0.3) is 0 Å². The molecule has 3 nitrogen and oxygen atoms in total. The van der Waals surface area contributed by atoms with E-state index in [1.807, 2.05) is 14.1 Å². The first kappa shape index (κ1) is 11.9. The topological polar surface area (TPSA) is 42.2 Å². The second-order valence-electron chi connectivity index (χ2n) is 4.12. The van der Waals surface area contributed by atoms with Crippen LogP contribution < -0.4 is 10.6 Å². The molecule has 0 aliphatic carbocycles. The Morgan fingerprint density at radius 1 is 1.24 bits per heavy atom. The van der Waals surface area contributed by atoms with Crippen molar-refractivity contribution in [3.05, 3.63) is 29.3 Å². The summed E-state index contributed by atoms with van der Waals surface area (Å²) in [5, 5.41) is 1.90. The first-order valence-electron chi connectivity index (χ1n) is 5.64. The van der Waals surface area contributed by atoms with Crippen molar-refractivity contribution in [2.45, 2.75) is 13.3 Å². The van der Waals surface area contributed by atoms with E-state index < -0.39 is 0 Å². The van der Waals surface area contributed by atoms with E-state index >= 15 is 0 Å². The van der Waals surface area contributed by atoms with Crippen LogP contribution in [0.2, 0.25) is 0 Å². The van der Waals surface area contributed by atoms with Gasteiger partial charge >= 0.3 is 0 Å². The Labute approximate surface area is 106 Å². The Balaban J connectivity index is 2.36. The summed E-state index contributed by atoms with van der Waals surface area (Å²) in [5.74, 6) is 0. The summed E-state index contributed by atoms with van der Waals surface area (Å²) in [5.41, 5.74) is 9.17. The van der Waals surface area contributed by atoms with E-state index in [-0.39, 0.29) is 0 Å². The number of rotatable bonds is 3. The van der Waals surface area contributed by atoms with Crippen molar-refractivity contribution < 1.29 is 0 Å². The molecule has 1 aromatic carbocycles. The summed E-state index contributed by atoms with van der Waals surface area (Å²) in [6.45, 7) is 2.09. The predicted molar refractivity (Wildman–Crippen MR) is 75.7 cm³/mol. The Hall–Kier alpha value is -1.55. The van der Waals surface area contributed by atoms with E-state index in [2.05, 4.69) is 41.1 Å². The second-order valence-corrected chi connectivity index (χ2v) is 5.23. The summed E-state index contributed by atoms with van der Waals surface area (Å²) >= 11 is 1.58. The average Bonchev–Trinajstić information content (AvgIpc) is 2.71. The van der Waals surface area contributed by atoms with Crippen molar-refractivity contribution in [2.24, 2.45) is 0 Å². The summed E-state index contributed by atoms with van der Waals surface area (Å²) in [7, 11) is 4.06. The smallest absolute Gasteiger partial charge is 0.114 e. The lowest BCUT2D eigenvalue weighted by molar-refractivity contribution is 1.10. The van der Waals surface area contributed by atoms with E-state index in [1.54, 1.807) is 11.3 Å². The van der Waals surface area contributed by atoms with Crippen molar-refractivity contribution >= 4 is 22.0 Å². The molecule has 90 valence electrons. The molecular weight excluding hydrogens is 230 g/mol. The van der Waals surface area contributed by atoms with Gasteiger partial charge in [0.2, 0.25) is 0 Å². The molecule has 17 heavy (non-hydrogen) atoms. The van der Waals surface area contributed by atoms with E-state index in [4.69, 9.17) is 5.73 Å². The highest BCUT2D eigenvalue weighted by Crippen LogP contribution is 2.31. The molecule has 2 aromatic rings. The Morgan fingerprint density at radius 2 is 1.88 bits per heavy atom. The molecule has 0 radical (unpaired) electrons. The molecule has 2 N–H and O–H groups in total. The summed E-state index contributed by atoms with van der Waals surface area (Å²) in [6.07, 6.45) is 0.935. The molecule has 0 aliphatic rings. The fourth-order valence-corrected chi connectivity index (χ4v) is 2.45. The highest BCUT2D eigenvalue weighted by Gasteiger charge is 2.09. The first-order valence-corrected chi connectivity index (χ1v) is 6.46. The van der Waals surface area contributed by atoms with Crippen LogP contribution in [0.5, 0.6) is 0 Å². The van der Waals surface area contributed by atoms with E-state index in [0.29, 0.717) is 0 Å². The summed E-state index contributed by atoms with van der Waals surface area (Å²) in [6, 6.07) is 8.31. The number of hydrogen-bond acceptors (Lipinski definition) is 4. The second kappa shape index (κ2) is 4.75. The minimum absolute atomic E-state index is 0.805. The fourth-order valence-electron chi connectivity index (χ4n) is 1.65. The van der Waals surface area contributed by atoms with Crippen LogP contribution >= 0.6 is 11.3 Å². The van der Waals surface area contributed by atoms with Gasteiger partial charge in [-0.2, -0.15) is 0 Å². The maximum Gasteiger partial charge on any atom is 0.114 e. The zero-order chi connectivity index (χ0) is 12.4. The molecule has 0 fully saturated rings. The Kier molecular flexibility index (Phi) is 3.33. The number of thiazole rings is 1. The molecule has 0 aliphatic heterocycles. The predicted octanol–water partition coefficient (Wildman–Crippen LogP) is 3.02. The first-order chi connectivity index (χ1) is 8.11. The lowest BCUT2D eigenvalue weighted by atomic mass is 10.1. The van der Waals surface area contributed by atoms with Crippen LogP contribution in [-0.4, -0.2) is 19.1 Å². The molecule has 0 amide bonds. The number of hydrogen-bond donors (Lipinski definition) is 1. The van der Waals surface area contributed by atoms with E-state index in [9.17, 15) is 0 Å². The van der Waals surface area contributed by atoms with Crippen LogP contribution in [0, 0.1) is 0 Å². The van der Waals surface area contributed by atoms with Gasteiger partial charge in [-0.3, -0.25) is 0 Å². The molecule has 0 saturated heterocycles. The fraction of sp³-hybridized carbons (Fsp3) is 0.308. The van der Waals surface area contributed by atoms with Gasteiger partial charge in [-0.1, -0.05) is 19.1 Å². The zero-order valence-electron chi connectivity index (χ0n) is 10.4. The van der Waals surface area contributed by atoms with Crippen molar-refractivity contribution in [1.29, 1.82) is 0 Å². The van der Waals surface area contributed by atoms with Gasteiger partial charge in [0, 0.05) is 25.3 Å². The quantitative estimate of drug-likeness (QED) is 0.906. The van der Waals surface area contributed by atoms with Crippen LogP contribution in [-0.2, 0) is 6.42 Å². The number of aromatic nitrogens is 1. The highest BCUT2D eigenvalue weighted by molar-refractivity contribution is 7.16. The standard InChI is InChI=1S/C13H17N3S/c1-4-11-15-12(13(14)17-11)9-5-7-10(8-6-9)16(2)3/h5-8H,4,14H2,1-3H3. The van der Waals surface area contributed by atoms with Crippen LogP contribution in [0.1, 0.15) is 11.9 Å². The Morgan fingerprint density at radius 3 is 2.35 bits per heavy atom. The number of nitrogens with zero attached hydrogens (tertiary/aromatic N) is 2. The third-order valence-electron chi connectivity index (χ3n) is 2.66. The molecule has 0 unspecified atom stereocenters. The van der Waals surface area contributed by atoms with Crippen molar-refractivity contribution in [1.82, 2.24) is 4.98 Å². The van der Waals surface area contributed by atoms with Gasteiger partial charge in [-0.25, -0.2) is 4.98 Å².